The molecule has 2 unspecified atom stereocenters. The number of halogens is 1. The Morgan fingerprint density at radius 1 is 1.47 bits per heavy atom. The highest BCUT2D eigenvalue weighted by Gasteiger charge is 2.32. The molecule has 0 amide bonds. The van der Waals surface area contributed by atoms with Crippen molar-refractivity contribution in [2.24, 2.45) is 0 Å². The van der Waals surface area contributed by atoms with E-state index in [1.54, 1.807) is 0 Å². The predicted octanol–water partition coefficient (Wildman–Crippen LogP) is 1.95. The molecule has 1 fully saturated rings. The van der Waals surface area contributed by atoms with E-state index in [9.17, 15) is 4.79 Å². The molecule has 0 bridgehead atoms. The molecule has 1 N–H and O–H groups in total. The first-order chi connectivity index (χ1) is 7.18. The maximum atomic E-state index is 10.6. The van der Waals surface area contributed by atoms with Gasteiger partial charge in [-0.15, -0.1) is 0 Å². The van der Waals surface area contributed by atoms with Gasteiger partial charge >= 0.3 is 5.97 Å². The van der Waals surface area contributed by atoms with Gasteiger partial charge in [0.25, 0.3) is 0 Å². The maximum Gasteiger partial charge on any atom is 0.335 e. The number of benzene rings is 1. The standard InChI is InChI=1S/C10H9BrO4/c11-7-4-2-1-3-6(7)10-14-5-8(15-10)9(12)13/h1-4,8,10H,5H2,(H,12,13). The van der Waals surface area contributed by atoms with E-state index in [4.69, 9.17) is 14.6 Å². The summed E-state index contributed by atoms with van der Waals surface area (Å²) in [5, 5.41) is 8.73. The highest BCUT2D eigenvalue weighted by atomic mass is 79.9. The van der Waals surface area contributed by atoms with Gasteiger partial charge in [-0.3, -0.25) is 0 Å². The third kappa shape index (κ3) is 2.19. The van der Waals surface area contributed by atoms with Gasteiger partial charge in [0.05, 0.1) is 6.61 Å². The van der Waals surface area contributed by atoms with Crippen LogP contribution in [0, 0.1) is 0 Å². The number of hydrogen-bond donors (Lipinski definition) is 1. The Bertz CT molecular complexity index is 379. The number of hydrogen-bond acceptors (Lipinski definition) is 3. The molecule has 4 nitrogen and oxygen atoms in total. The van der Waals surface area contributed by atoms with Gasteiger partial charge in [0.2, 0.25) is 0 Å². The summed E-state index contributed by atoms with van der Waals surface area (Å²) in [7, 11) is 0. The second-order valence-corrected chi connectivity index (χ2v) is 4.00. The molecule has 1 aliphatic heterocycles. The van der Waals surface area contributed by atoms with Crippen molar-refractivity contribution < 1.29 is 19.4 Å². The minimum Gasteiger partial charge on any atom is -0.479 e. The number of ether oxygens (including phenoxy) is 2. The molecule has 1 aliphatic rings. The Hall–Kier alpha value is -0.910. The van der Waals surface area contributed by atoms with Crippen molar-refractivity contribution in [3.05, 3.63) is 34.3 Å². The summed E-state index contributed by atoms with van der Waals surface area (Å²) >= 11 is 3.36. The minimum absolute atomic E-state index is 0.0847. The van der Waals surface area contributed by atoms with Gasteiger partial charge in [0.1, 0.15) is 0 Å². The van der Waals surface area contributed by atoms with Crippen LogP contribution in [-0.2, 0) is 14.3 Å². The molecule has 2 atom stereocenters. The van der Waals surface area contributed by atoms with Crippen molar-refractivity contribution in [2.45, 2.75) is 12.4 Å². The average molecular weight is 273 g/mol. The van der Waals surface area contributed by atoms with Crippen molar-refractivity contribution >= 4 is 21.9 Å². The zero-order valence-corrected chi connectivity index (χ0v) is 9.31. The van der Waals surface area contributed by atoms with E-state index in [0.29, 0.717) is 0 Å². The van der Waals surface area contributed by atoms with Gasteiger partial charge in [-0.05, 0) is 6.07 Å². The molecule has 0 aromatic heterocycles. The van der Waals surface area contributed by atoms with Crippen molar-refractivity contribution in [1.82, 2.24) is 0 Å². The van der Waals surface area contributed by atoms with E-state index in [2.05, 4.69) is 15.9 Å². The molecule has 0 saturated carbocycles. The van der Waals surface area contributed by atoms with Crippen molar-refractivity contribution in [2.75, 3.05) is 6.61 Å². The Labute approximate surface area is 94.9 Å². The topological polar surface area (TPSA) is 55.8 Å². The van der Waals surface area contributed by atoms with E-state index >= 15 is 0 Å². The Balaban J connectivity index is 2.14. The van der Waals surface area contributed by atoms with Gasteiger partial charge in [0, 0.05) is 10.0 Å². The van der Waals surface area contributed by atoms with Gasteiger partial charge in [-0.1, -0.05) is 34.1 Å². The number of carbonyl (C=O) groups is 1. The summed E-state index contributed by atoms with van der Waals surface area (Å²) < 4.78 is 11.3. The van der Waals surface area contributed by atoms with Crippen LogP contribution in [0.15, 0.2) is 28.7 Å². The van der Waals surface area contributed by atoms with Crippen molar-refractivity contribution in [1.29, 1.82) is 0 Å². The molecular weight excluding hydrogens is 264 g/mol. The van der Waals surface area contributed by atoms with E-state index < -0.39 is 18.4 Å². The van der Waals surface area contributed by atoms with Crippen LogP contribution >= 0.6 is 15.9 Å². The lowest BCUT2D eigenvalue weighted by molar-refractivity contribution is -0.150. The summed E-state index contributed by atoms with van der Waals surface area (Å²) in [6.45, 7) is 0.0847. The van der Waals surface area contributed by atoms with E-state index in [1.165, 1.54) is 0 Å². The molecule has 80 valence electrons. The molecule has 0 radical (unpaired) electrons. The third-order valence-electron chi connectivity index (χ3n) is 2.12. The first-order valence-corrected chi connectivity index (χ1v) is 5.22. The van der Waals surface area contributed by atoms with Gasteiger partial charge in [-0.2, -0.15) is 0 Å². The minimum atomic E-state index is -0.996. The highest BCUT2D eigenvalue weighted by molar-refractivity contribution is 9.10. The molecule has 5 heteroatoms. The fraction of sp³-hybridized carbons (Fsp3) is 0.300. The normalized spacial score (nSPS) is 25.4. The predicted molar refractivity (Wildman–Crippen MR) is 55.3 cm³/mol. The Morgan fingerprint density at radius 3 is 2.80 bits per heavy atom. The monoisotopic (exact) mass is 272 g/mol. The van der Waals surface area contributed by atoms with Crippen LogP contribution in [0.1, 0.15) is 11.9 Å². The highest BCUT2D eigenvalue weighted by Crippen LogP contribution is 2.31. The van der Waals surface area contributed by atoms with Crippen molar-refractivity contribution in [3.8, 4) is 0 Å². The average Bonchev–Trinajstić information content (AvgIpc) is 2.67. The van der Waals surface area contributed by atoms with Crippen LogP contribution in [-0.4, -0.2) is 23.8 Å². The molecule has 2 rings (SSSR count). The lowest BCUT2D eigenvalue weighted by Crippen LogP contribution is -2.21. The number of carboxylic acids is 1. The number of aliphatic carboxylic acids is 1. The van der Waals surface area contributed by atoms with Crippen LogP contribution in [0.5, 0.6) is 0 Å². The molecular formula is C10H9BrO4. The smallest absolute Gasteiger partial charge is 0.335 e. The lowest BCUT2D eigenvalue weighted by Gasteiger charge is -2.11. The second-order valence-electron chi connectivity index (χ2n) is 3.15. The molecule has 1 aromatic carbocycles. The van der Waals surface area contributed by atoms with Crippen LogP contribution in [0.3, 0.4) is 0 Å². The molecule has 15 heavy (non-hydrogen) atoms. The van der Waals surface area contributed by atoms with E-state index in [1.807, 2.05) is 24.3 Å². The summed E-state index contributed by atoms with van der Waals surface area (Å²) in [5.74, 6) is -0.996. The lowest BCUT2D eigenvalue weighted by atomic mass is 10.2. The Morgan fingerprint density at radius 2 is 2.20 bits per heavy atom. The van der Waals surface area contributed by atoms with E-state index in [0.717, 1.165) is 10.0 Å². The SMILES string of the molecule is O=C(O)C1COC(c2ccccc2Br)O1. The zero-order chi connectivity index (χ0) is 10.8. The molecule has 1 heterocycles. The number of rotatable bonds is 2. The summed E-state index contributed by atoms with van der Waals surface area (Å²) in [6, 6.07) is 7.41. The fourth-order valence-corrected chi connectivity index (χ4v) is 1.83. The van der Waals surface area contributed by atoms with Gasteiger partial charge < -0.3 is 14.6 Å². The summed E-state index contributed by atoms with van der Waals surface area (Å²) in [4.78, 5) is 10.6. The first kappa shape index (κ1) is 10.6. The van der Waals surface area contributed by atoms with Crippen molar-refractivity contribution in [3.63, 3.8) is 0 Å². The van der Waals surface area contributed by atoms with Gasteiger partial charge in [0.15, 0.2) is 12.4 Å². The first-order valence-electron chi connectivity index (χ1n) is 4.43. The van der Waals surface area contributed by atoms with E-state index in [-0.39, 0.29) is 6.61 Å². The third-order valence-corrected chi connectivity index (χ3v) is 2.84. The van der Waals surface area contributed by atoms with Crippen LogP contribution in [0.25, 0.3) is 0 Å². The summed E-state index contributed by atoms with van der Waals surface area (Å²) in [5.41, 5.74) is 0.807. The summed E-state index contributed by atoms with van der Waals surface area (Å²) in [6.07, 6.45) is -1.47. The van der Waals surface area contributed by atoms with Crippen LogP contribution < -0.4 is 0 Å². The maximum absolute atomic E-state index is 10.6. The molecule has 0 spiro atoms. The second kappa shape index (κ2) is 4.30. The molecule has 1 saturated heterocycles. The molecule has 0 aliphatic carbocycles. The zero-order valence-electron chi connectivity index (χ0n) is 7.72. The van der Waals surface area contributed by atoms with Gasteiger partial charge in [-0.25, -0.2) is 4.79 Å². The van der Waals surface area contributed by atoms with Crippen LogP contribution in [0.2, 0.25) is 0 Å². The molecule has 1 aromatic rings. The quantitative estimate of drug-likeness (QED) is 0.894. The Kier molecular flexibility index (Phi) is 3.04. The largest absolute Gasteiger partial charge is 0.479 e. The number of carboxylic acid groups (broad SMARTS) is 1. The van der Waals surface area contributed by atoms with Crippen LogP contribution in [0.4, 0.5) is 0 Å². The fourth-order valence-electron chi connectivity index (χ4n) is 1.36.